The molecule has 0 atom stereocenters. The van der Waals surface area contributed by atoms with E-state index in [9.17, 15) is 4.39 Å². The summed E-state index contributed by atoms with van der Waals surface area (Å²) in [7, 11) is 0. The third-order valence-corrected chi connectivity index (χ3v) is 13.1. The number of halogens is 1. The van der Waals surface area contributed by atoms with Gasteiger partial charge in [0, 0.05) is 43.1 Å². The molecular formula is C58H47BFIrN3O2-2. The first-order valence-electron chi connectivity index (χ1n) is 22.3. The van der Waals surface area contributed by atoms with Gasteiger partial charge in [-0.25, -0.2) is 0 Å². The molecule has 0 saturated heterocycles. The number of rotatable bonds is 2. The topological polar surface area (TPSA) is 48.7 Å². The predicted molar refractivity (Wildman–Crippen MR) is 265 cm³/mol. The van der Waals surface area contributed by atoms with Gasteiger partial charge < -0.3 is 18.9 Å². The standard InChI is InChI=1S/C45H36BN2O2.C13H11FN.Ir/c1-44(2,3)28-16-19-38-33(24-28)46-34-25-29(45(4,5)6)17-20-39(34)50-41-23-27(22-40(49-38)42(41)46)26-15-18-35-37(21-26)48-36-14-10-9-12-31(36)30-11-7-8-13-32(30)43(48)47-35;1-9-7-13(15-8-10(9)2)11-3-5-12(14)6-4-11;/h7-12,14-25H,1-6H3;3,5-8H,1-2H3;/q2*-1;. The van der Waals surface area contributed by atoms with Crippen LogP contribution >= 0.6 is 0 Å². The smallest absolute Gasteiger partial charge is 0.260 e. The van der Waals surface area contributed by atoms with Crippen molar-refractivity contribution < 1.29 is 34.0 Å². The van der Waals surface area contributed by atoms with E-state index < -0.39 is 0 Å². The second-order valence-corrected chi connectivity index (χ2v) is 19.6. The second kappa shape index (κ2) is 16.1. The fraction of sp³-hybridized carbons (Fsp3) is 0.172. The molecule has 0 fully saturated rings. The number of aryl methyl sites for hydroxylation is 2. The van der Waals surface area contributed by atoms with Crippen LogP contribution < -0.4 is 25.9 Å². The largest absolute Gasteiger partial charge is 0.458 e. The quantitative estimate of drug-likeness (QED) is 0.0983. The fourth-order valence-electron chi connectivity index (χ4n) is 9.35. The molecule has 0 aliphatic carbocycles. The Hall–Kier alpha value is -6.60. The van der Waals surface area contributed by atoms with Crippen LogP contribution in [0.5, 0.6) is 23.0 Å². The van der Waals surface area contributed by atoms with Crippen molar-refractivity contribution in [1.82, 2.24) is 14.4 Å². The molecule has 0 N–H and O–H groups in total. The van der Waals surface area contributed by atoms with Crippen molar-refractivity contribution in [2.45, 2.75) is 66.2 Å². The maximum absolute atomic E-state index is 12.7. The molecule has 5 heterocycles. The fourth-order valence-corrected chi connectivity index (χ4v) is 9.35. The number of pyridine rings is 2. The van der Waals surface area contributed by atoms with Gasteiger partial charge in [0.1, 0.15) is 23.0 Å². The zero-order valence-corrected chi connectivity index (χ0v) is 40.6. The Morgan fingerprint density at radius 3 is 1.92 bits per heavy atom. The molecular weight excluding hydrogens is 993 g/mol. The molecule has 2 aliphatic rings. The van der Waals surface area contributed by atoms with Crippen LogP contribution in [-0.4, -0.2) is 21.1 Å². The van der Waals surface area contributed by atoms with Gasteiger partial charge in [0.05, 0.1) is 16.7 Å². The first kappa shape index (κ1) is 43.3. The Morgan fingerprint density at radius 1 is 0.621 bits per heavy atom. The molecule has 0 unspecified atom stereocenters. The van der Waals surface area contributed by atoms with Gasteiger partial charge >= 0.3 is 0 Å². The zero-order chi connectivity index (χ0) is 44.9. The first-order valence-corrected chi connectivity index (χ1v) is 22.3. The van der Waals surface area contributed by atoms with Gasteiger partial charge in [-0.05, 0) is 117 Å². The molecule has 0 saturated carbocycles. The molecule has 8 heteroatoms. The molecule has 0 amide bonds. The zero-order valence-electron chi connectivity index (χ0n) is 38.2. The molecule has 0 bridgehead atoms. The van der Waals surface area contributed by atoms with E-state index in [0.29, 0.717) is 0 Å². The van der Waals surface area contributed by atoms with Gasteiger partial charge in [-0.1, -0.05) is 107 Å². The molecule has 5 nitrogen and oxygen atoms in total. The SMILES string of the molecule is CC(C)(C)c1ccc2c(c1)B1c3cc(C(C)(C)C)ccc3Oc3cc(-c4ccc5nc6c7[c-]cccc7c7ccccc7n6c5c4)cc(c31)O2.Cc1cnc(-c2[c-]cc(F)cc2)cc1C.[Ir]. The Kier molecular flexibility index (Phi) is 10.6. The number of ether oxygens (including phenoxy) is 2. The van der Waals surface area contributed by atoms with Crippen LogP contribution in [0.3, 0.4) is 0 Å². The van der Waals surface area contributed by atoms with Crippen molar-refractivity contribution in [3.8, 4) is 45.4 Å². The minimum absolute atomic E-state index is 0. The normalized spacial score (nSPS) is 12.7. The van der Waals surface area contributed by atoms with Gasteiger partial charge in [-0.15, -0.1) is 59.5 Å². The molecule has 3 aromatic heterocycles. The summed E-state index contributed by atoms with van der Waals surface area (Å²) in [5.41, 5.74) is 16.2. The molecule has 2 aliphatic heterocycles. The van der Waals surface area contributed by atoms with E-state index in [4.69, 9.17) is 14.5 Å². The summed E-state index contributed by atoms with van der Waals surface area (Å²) in [5, 5.41) is 3.37. The second-order valence-electron chi connectivity index (χ2n) is 19.6. The van der Waals surface area contributed by atoms with Crippen molar-refractivity contribution in [3.05, 3.63) is 180 Å². The summed E-state index contributed by atoms with van der Waals surface area (Å²) in [6.07, 6.45) is 1.82. The van der Waals surface area contributed by atoms with Gasteiger partial charge in [0.25, 0.3) is 6.71 Å². The summed E-state index contributed by atoms with van der Waals surface area (Å²) >= 11 is 0. The first-order chi connectivity index (χ1) is 31.2. The summed E-state index contributed by atoms with van der Waals surface area (Å²) in [4.78, 5) is 9.42. The summed E-state index contributed by atoms with van der Waals surface area (Å²) < 4.78 is 28.6. The van der Waals surface area contributed by atoms with Crippen LogP contribution in [0.1, 0.15) is 63.8 Å². The van der Waals surface area contributed by atoms with Gasteiger partial charge in [0.15, 0.2) is 0 Å². The summed E-state index contributed by atoms with van der Waals surface area (Å²) in [6.45, 7) is 17.7. The van der Waals surface area contributed by atoms with E-state index in [0.717, 1.165) is 89.4 Å². The maximum atomic E-state index is 12.7. The van der Waals surface area contributed by atoms with E-state index in [1.165, 1.54) is 45.1 Å². The van der Waals surface area contributed by atoms with Crippen molar-refractivity contribution >= 4 is 61.5 Å². The number of benzene rings is 7. The average Bonchev–Trinajstić information content (AvgIpc) is 3.69. The molecule has 0 spiro atoms. The predicted octanol–water partition coefficient (Wildman–Crippen LogP) is 12.9. The number of para-hydroxylation sites is 1. The van der Waals surface area contributed by atoms with E-state index in [-0.39, 0.29) is 43.5 Å². The maximum Gasteiger partial charge on any atom is 0.260 e. The Balaban J connectivity index is 0.000000273. The third-order valence-electron chi connectivity index (χ3n) is 13.1. The van der Waals surface area contributed by atoms with Crippen molar-refractivity contribution in [1.29, 1.82) is 0 Å². The van der Waals surface area contributed by atoms with Gasteiger partial charge in [-0.3, -0.25) is 9.37 Å². The van der Waals surface area contributed by atoms with Crippen LogP contribution in [0.15, 0.2) is 140 Å². The minimum Gasteiger partial charge on any atom is -0.458 e. The van der Waals surface area contributed by atoms with E-state index in [1.54, 1.807) is 6.07 Å². The minimum atomic E-state index is -0.275. The van der Waals surface area contributed by atoms with Crippen LogP contribution in [0.25, 0.3) is 60.7 Å². The summed E-state index contributed by atoms with van der Waals surface area (Å²) in [5.74, 6) is 3.21. The molecule has 1 radical (unpaired) electrons. The van der Waals surface area contributed by atoms with Gasteiger partial charge in [0.2, 0.25) is 0 Å². The average molecular weight is 1040 g/mol. The monoisotopic (exact) mass is 1040 g/mol. The van der Waals surface area contributed by atoms with Crippen LogP contribution in [0, 0.1) is 31.8 Å². The van der Waals surface area contributed by atoms with E-state index in [2.05, 4.69) is 160 Å². The Morgan fingerprint density at radius 2 is 1.29 bits per heavy atom. The van der Waals surface area contributed by atoms with Crippen LogP contribution in [0.2, 0.25) is 0 Å². The molecule has 7 aromatic carbocycles. The van der Waals surface area contributed by atoms with Crippen molar-refractivity contribution in [2.75, 3.05) is 0 Å². The number of imidazole rings is 1. The van der Waals surface area contributed by atoms with Gasteiger partial charge in [-0.2, -0.15) is 0 Å². The molecule has 66 heavy (non-hydrogen) atoms. The number of nitrogens with zero attached hydrogens (tertiary/aromatic N) is 3. The molecule has 12 rings (SSSR count). The third kappa shape index (κ3) is 7.37. The van der Waals surface area contributed by atoms with Crippen LogP contribution in [-0.2, 0) is 30.9 Å². The molecule has 10 aromatic rings. The van der Waals surface area contributed by atoms with E-state index in [1.807, 2.05) is 38.2 Å². The number of hydrogen-bond acceptors (Lipinski definition) is 4. The molecule has 327 valence electrons. The number of fused-ring (bicyclic) bond motifs is 12. The van der Waals surface area contributed by atoms with Crippen LogP contribution in [0.4, 0.5) is 4.39 Å². The Bertz CT molecular complexity index is 3480. The van der Waals surface area contributed by atoms with Crippen molar-refractivity contribution in [3.63, 3.8) is 0 Å². The number of aromatic nitrogens is 3. The van der Waals surface area contributed by atoms with Crippen molar-refractivity contribution in [2.24, 2.45) is 0 Å². The summed E-state index contributed by atoms with van der Waals surface area (Å²) in [6, 6.07) is 51.9. The Labute approximate surface area is 399 Å². The number of hydrogen-bond donors (Lipinski definition) is 0. The van der Waals surface area contributed by atoms with E-state index >= 15 is 0 Å².